The van der Waals surface area contributed by atoms with Crippen LogP contribution in [0.5, 0.6) is 0 Å². The molecule has 12 heavy (non-hydrogen) atoms. The number of benzene rings is 1. The smallest absolute Gasteiger partial charge is 0.186 e. The highest BCUT2D eigenvalue weighted by Gasteiger charge is 1.99. The molecule has 62 valence electrons. The van der Waals surface area contributed by atoms with Gasteiger partial charge >= 0.3 is 0 Å². The number of hydrogen-bond donors (Lipinski definition) is 0. The Bertz CT molecular complexity index is 303. The van der Waals surface area contributed by atoms with Gasteiger partial charge < -0.3 is 0 Å². The van der Waals surface area contributed by atoms with Crippen LogP contribution in [0.2, 0.25) is 0 Å². The minimum atomic E-state index is -0.0681. The lowest BCUT2D eigenvalue weighted by Gasteiger charge is -1.94. The normalized spacial score (nSPS) is 10.5. The van der Waals surface area contributed by atoms with E-state index in [4.69, 9.17) is 11.6 Å². The predicted molar refractivity (Wildman–Crippen MR) is 58.5 cm³/mol. The number of carbonyl (C=O) groups excluding carboxylic acids is 1. The van der Waals surface area contributed by atoms with Gasteiger partial charge in [0.15, 0.2) is 5.78 Å². The summed E-state index contributed by atoms with van der Waals surface area (Å²) in [4.78, 5) is 11.2. The zero-order valence-electron chi connectivity index (χ0n) is 6.13. The third-order valence-electron chi connectivity index (χ3n) is 1.34. The van der Waals surface area contributed by atoms with E-state index in [1.165, 1.54) is 11.6 Å². The van der Waals surface area contributed by atoms with Crippen LogP contribution in [-0.4, -0.2) is 5.78 Å². The number of carbonyl (C=O) groups is 1. The fraction of sp³-hybridized carbons (Fsp3) is 0. The molecule has 0 bridgehead atoms. The Hall–Kier alpha value is -0.350. The lowest BCUT2D eigenvalue weighted by atomic mass is 10.1. The van der Waals surface area contributed by atoms with Crippen molar-refractivity contribution in [2.45, 2.75) is 0 Å². The fourth-order valence-electron chi connectivity index (χ4n) is 0.768. The summed E-state index contributed by atoms with van der Waals surface area (Å²) in [5.41, 5.74) is 1.88. The van der Waals surface area contributed by atoms with Gasteiger partial charge in [-0.15, -0.1) is 0 Å². The number of rotatable bonds is 2. The Morgan fingerprint density at radius 3 is 2.42 bits per heavy atom. The first kappa shape index (κ1) is 9.74. The van der Waals surface area contributed by atoms with Crippen LogP contribution < -0.4 is 0 Å². The van der Waals surface area contributed by atoms with Gasteiger partial charge in [0, 0.05) is 14.7 Å². The van der Waals surface area contributed by atoms with E-state index in [1.807, 2.05) is 12.1 Å². The Labute approximate surface area is 89.6 Å². The lowest BCUT2D eigenvalue weighted by molar-refractivity contribution is 0.104. The largest absolute Gasteiger partial charge is 0.289 e. The molecule has 0 amide bonds. The van der Waals surface area contributed by atoms with E-state index in [2.05, 4.69) is 22.6 Å². The molecule has 0 aliphatic heterocycles. The first-order chi connectivity index (χ1) is 5.74. The van der Waals surface area contributed by atoms with Crippen LogP contribution in [0, 0.1) is 3.57 Å². The van der Waals surface area contributed by atoms with Crippen molar-refractivity contribution in [3.8, 4) is 0 Å². The number of ketones is 1. The minimum Gasteiger partial charge on any atom is -0.289 e. The van der Waals surface area contributed by atoms with E-state index in [1.54, 1.807) is 12.1 Å². The van der Waals surface area contributed by atoms with Crippen molar-refractivity contribution in [1.82, 2.24) is 0 Å². The molecule has 0 spiro atoms. The first-order valence-electron chi connectivity index (χ1n) is 3.30. The third kappa shape index (κ3) is 2.60. The van der Waals surface area contributed by atoms with Crippen LogP contribution in [0.15, 0.2) is 35.9 Å². The quantitative estimate of drug-likeness (QED) is 0.465. The summed E-state index contributed by atoms with van der Waals surface area (Å²) >= 11 is 7.46. The monoisotopic (exact) mass is 292 g/mol. The molecule has 0 aromatic heterocycles. The van der Waals surface area contributed by atoms with Crippen molar-refractivity contribution in [3.63, 3.8) is 0 Å². The molecule has 0 aliphatic carbocycles. The summed E-state index contributed by atoms with van der Waals surface area (Å²) in [7, 11) is 0. The molecule has 0 heterocycles. The zero-order chi connectivity index (χ0) is 8.97. The average molecular weight is 293 g/mol. The van der Waals surface area contributed by atoms with Crippen molar-refractivity contribution in [2.75, 3.05) is 0 Å². The van der Waals surface area contributed by atoms with Crippen LogP contribution >= 0.6 is 34.2 Å². The highest BCUT2D eigenvalue weighted by Crippen LogP contribution is 2.07. The van der Waals surface area contributed by atoms with Crippen molar-refractivity contribution in [2.24, 2.45) is 0 Å². The van der Waals surface area contributed by atoms with Crippen molar-refractivity contribution in [1.29, 1.82) is 0 Å². The second-order valence-corrected chi connectivity index (χ2v) is 3.66. The van der Waals surface area contributed by atoms with E-state index in [0.717, 1.165) is 3.57 Å². The molecule has 0 saturated carbocycles. The van der Waals surface area contributed by atoms with Crippen LogP contribution in [0.4, 0.5) is 0 Å². The molecule has 0 unspecified atom stereocenters. The van der Waals surface area contributed by atoms with Gasteiger partial charge in [0.05, 0.1) is 0 Å². The topological polar surface area (TPSA) is 17.1 Å². The number of halogens is 2. The van der Waals surface area contributed by atoms with Gasteiger partial charge in [0.1, 0.15) is 0 Å². The molecular weight excluding hydrogens is 286 g/mol. The van der Waals surface area contributed by atoms with Crippen LogP contribution in [0.1, 0.15) is 10.4 Å². The maximum Gasteiger partial charge on any atom is 0.186 e. The highest BCUT2D eigenvalue weighted by atomic mass is 127. The van der Waals surface area contributed by atoms with Gasteiger partial charge in [-0.25, -0.2) is 0 Å². The van der Waals surface area contributed by atoms with Gasteiger partial charge in [-0.2, -0.15) is 0 Å². The Balaban J connectivity index is 2.90. The lowest BCUT2D eigenvalue weighted by Crippen LogP contribution is -1.92. The van der Waals surface area contributed by atoms with E-state index < -0.39 is 0 Å². The van der Waals surface area contributed by atoms with Gasteiger partial charge in [0.2, 0.25) is 0 Å². The molecule has 1 aromatic carbocycles. The standard InChI is InChI=1S/C9H6ClIO/c10-6-5-9(12)7-1-3-8(11)4-2-7/h1-6H/b6-5+. The molecule has 0 aliphatic rings. The molecule has 3 heteroatoms. The molecule has 0 atom stereocenters. The molecule has 1 aromatic rings. The van der Waals surface area contributed by atoms with Gasteiger partial charge in [-0.1, -0.05) is 23.7 Å². The third-order valence-corrected chi connectivity index (χ3v) is 2.19. The second kappa shape index (κ2) is 4.62. The van der Waals surface area contributed by atoms with Gasteiger partial charge in [-0.05, 0) is 40.8 Å². The minimum absolute atomic E-state index is 0.0681. The van der Waals surface area contributed by atoms with E-state index >= 15 is 0 Å². The summed E-state index contributed by atoms with van der Waals surface area (Å²) in [6, 6.07) is 7.33. The van der Waals surface area contributed by atoms with Crippen molar-refractivity contribution < 1.29 is 4.79 Å². The average Bonchev–Trinajstić information content (AvgIpc) is 2.06. The highest BCUT2D eigenvalue weighted by molar-refractivity contribution is 14.1. The zero-order valence-corrected chi connectivity index (χ0v) is 9.04. The van der Waals surface area contributed by atoms with Crippen molar-refractivity contribution >= 4 is 40.0 Å². The Morgan fingerprint density at radius 1 is 1.33 bits per heavy atom. The molecule has 0 N–H and O–H groups in total. The summed E-state index contributed by atoms with van der Waals surface area (Å²) in [6.45, 7) is 0. The maximum absolute atomic E-state index is 11.2. The summed E-state index contributed by atoms with van der Waals surface area (Å²) in [6.07, 6.45) is 1.34. The fourth-order valence-corrected chi connectivity index (χ4v) is 1.24. The molecule has 0 radical (unpaired) electrons. The van der Waals surface area contributed by atoms with Crippen LogP contribution in [-0.2, 0) is 0 Å². The number of hydrogen-bond acceptors (Lipinski definition) is 1. The molecule has 0 fully saturated rings. The van der Waals surface area contributed by atoms with Crippen molar-refractivity contribution in [3.05, 3.63) is 45.0 Å². The molecule has 0 saturated heterocycles. The Kier molecular flexibility index (Phi) is 3.75. The van der Waals surface area contributed by atoms with Gasteiger partial charge in [-0.3, -0.25) is 4.79 Å². The summed E-state index contributed by atoms with van der Waals surface area (Å²) < 4.78 is 1.11. The van der Waals surface area contributed by atoms with E-state index in [9.17, 15) is 4.79 Å². The maximum atomic E-state index is 11.2. The SMILES string of the molecule is O=C(/C=C/Cl)c1ccc(I)cc1. The molecule has 1 rings (SSSR count). The molecule has 1 nitrogen and oxygen atoms in total. The number of allylic oxidation sites excluding steroid dienone is 1. The predicted octanol–water partition coefficient (Wildman–Crippen LogP) is 3.23. The summed E-state index contributed by atoms with van der Waals surface area (Å²) in [5.74, 6) is -0.0681. The van der Waals surface area contributed by atoms with E-state index in [0.29, 0.717) is 5.56 Å². The Morgan fingerprint density at radius 2 is 1.92 bits per heavy atom. The second-order valence-electron chi connectivity index (χ2n) is 2.16. The molecular formula is C9H6ClIO. The summed E-state index contributed by atoms with van der Waals surface area (Å²) in [5, 5.41) is 0. The van der Waals surface area contributed by atoms with E-state index in [-0.39, 0.29) is 5.78 Å². The van der Waals surface area contributed by atoms with Gasteiger partial charge in [0.25, 0.3) is 0 Å². The first-order valence-corrected chi connectivity index (χ1v) is 4.82. The van der Waals surface area contributed by atoms with Crippen LogP contribution in [0.25, 0.3) is 0 Å². The van der Waals surface area contributed by atoms with Crippen LogP contribution in [0.3, 0.4) is 0 Å².